The molecule has 0 bridgehead atoms. The molecule has 0 aliphatic carbocycles. The number of pyridine rings is 1. The van der Waals surface area contributed by atoms with Gasteiger partial charge in [0.25, 0.3) is 0 Å². The van der Waals surface area contributed by atoms with Gasteiger partial charge in [0.1, 0.15) is 28.9 Å². The van der Waals surface area contributed by atoms with Gasteiger partial charge in [0.05, 0.1) is 27.0 Å². The molecular formula is C21H23N5O4. The number of aromatic nitrogens is 3. The van der Waals surface area contributed by atoms with Gasteiger partial charge in [-0.05, 0) is 13.0 Å². The van der Waals surface area contributed by atoms with Crippen LogP contribution >= 0.6 is 0 Å². The summed E-state index contributed by atoms with van der Waals surface area (Å²) in [5.41, 5.74) is 3.62. The smallest absolute Gasteiger partial charge is 0.345 e. The average Bonchev–Trinajstić information content (AvgIpc) is 3.21. The van der Waals surface area contributed by atoms with Gasteiger partial charge in [-0.15, -0.1) is 0 Å². The van der Waals surface area contributed by atoms with Crippen molar-refractivity contribution < 1.29 is 19.0 Å². The number of nitrogens with zero attached hydrogens (tertiary/aromatic N) is 3. The van der Waals surface area contributed by atoms with Crippen molar-refractivity contribution in [2.45, 2.75) is 6.92 Å². The fourth-order valence-corrected chi connectivity index (χ4v) is 3.01. The lowest BCUT2D eigenvalue weighted by Crippen LogP contribution is -2.08. The third-order valence-corrected chi connectivity index (χ3v) is 4.50. The number of benzene rings is 1. The zero-order chi connectivity index (χ0) is 21.7. The number of carbonyl (C=O) groups excluding carboxylic acids is 1. The van der Waals surface area contributed by atoms with Crippen molar-refractivity contribution in [2.75, 3.05) is 27.9 Å². The van der Waals surface area contributed by atoms with Crippen molar-refractivity contribution in [1.82, 2.24) is 19.9 Å². The largest absolute Gasteiger partial charge is 0.496 e. The Labute approximate surface area is 173 Å². The molecule has 2 N–H and O–H groups in total. The Bertz CT molecular complexity index is 1090. The first-order valence-electron chi connectivity index (χ1n) is 9.20. The van der Waals surface area contributed by atoms with Gasteiger partial charge in [0.15, 0.2) is 5.65 Å². The fraction of sp³-hybridized carbons (Fsp3) is 0.238. The highest BCUT2D eigenvalue weighted by atomic mass is 16.5. The second-order valence-corrected chi connectivity index (χ2v) is 6.20. The minimum Gasteiger partial charge on any atom is -0.496 e. The molecule has 0 aliphatic heterocycles. The lowest BCUT2D eigenvalue weighted by molar-refractivity contribution is 0.0593. The zero-order valence-corrected chi connectivity index (χ0v) is 17.2. The molecule has 0 saturated heterocycles. The van der Waals surface area contributed by atoms with Crippen molar-refractivity contribution in [1.29, 1.82) is 5.41 Å². The molecule has 0 radical (unpaired) electrons. The Morgan fingerprint density at radius 2 is 1.87 bits per heavy atom. The maximum absolute atomic E-state index is 12.1. The first kappa shape index (κ1) is 20.8. The summed E-state index contributed by atoms with van der Waals surface area (Å²) in [4.78, 5) is 21.1. The van der Waals surface area contributed by atoms with Crippen LogP contribution in [0.25, 0.3) is 22.4 Å². The number of ether oxygens (including phenoxy) is 3. The van der Waals surface area contributed by atoms with Crippen LogP contribution < -0.4 is 14.8 Å². The van der Waals surface area contributed by atoms with Crippen molar-refractivity contribution in [2.24, 2.45) is 0 Å². The average molecular weight is 409 g/mol. The van der Waals surface area contributed by atoms with Crippen molar-refractivity contribution >= 4 is 28.9 Å². The van der Waals surface area contributed by atoms with Gasteiger partial charge >= 0.3 is 5.97 Å². The van der Waals surface area contributed by atoms with Gasteiger partial charge in [-0.2, -0.15) is 0 Å². The number of methoxy groups -OCH3 is 3. The van der Waals surface area contributed by atoms with E-state index in [2.05, 4.69) is 15.3 Å². The van der Waals surface area contributed by atoms with Crippen molar-refractivity contribution in [3.63, 3.8) is 0 Å². The third kappa shape index (κ3) is 3.82. The summed E-state index contributed by atoms with van der Waals surface area (Å²) in [5, 5.41) is 10.7. The predicted molar refractivity (Wildman–Crippen MR) is 114 cm³/mol. The molecule has 0 saturated carbocycles. The van der Waals surface area contributed by atoms with E-state index in [0.29, 0.717) is 33.9 Å². The van der Waals surface area contributed by atoms with E-state index in [0.717, 1.165) is 12.1 Å². The highest BCUT2D eigenvalue weighted by Gasteiger charge is 2.22. The normalized spacial score (nSPS) is 11.3. The number of hydrogen-bond donors (Lipinski definition) is 2. The van der Waals surface area contributed by atoms with Crippen LogP contribution in [0.4, 0.5) is 0 Å². The molecule has 0 aliphatic rings. The van der Waals surface area contributed by atoms with E-state index >= 15 is 0 Å². The quantitative estimate of drug-likeness (QED) is 0.435. The van der Waals surface area contributed by atoms with Gasteiger partial charge < -0.3 is 24.9 Å². The number of esters is 1. The molecule has 0 fully saturated rings. The molecule has 0 atom stereocenters. The first-order valence-corrected chi connectivity index (χ1v) is 9.20. The summed E-state index contributed by atoms with van der Waals surface area (Å²) >= 11 is 0. The summed E-state index contributed by atoms with van der Waals surface area (Å²) < 4.78 is 17.4. The molecule has 2 aromatic heterocycles. The first-order chi connectivity index (χ1) is 14.6. The summed E-state index contributed by atoms with van der Waals surface area (Å²) in [6, 6.07) is 5.25. The predicted octanol–water partition coefficient (Wildman–Crippen LogP) is 2.82. The SMILES string of the molecule is CCN/C=C(\C=N)c1cnc2c(c1)ncn2-c1cc(OC)c(C(=O)OC)c(OC)c1. The highest BCUT2D eigenvalue weighted by Crippen LogP contribution is 2.33. The highest BCUT2D eigenvalue weighted by molar-refractivity contribution is 6.08. The maximum Gasteiger partial charge on any atom is 0.345 e. The number of carbonyl (C=O) groups is 1. The summed E-state index contributed by atoms with van der Waals surface area (Å²) in [6.07, 6.45) is 6.36. The van der Waals surface area contributed by atoms with Crippen LogP contribution in [-0.2, 0) is 4.74 Å². The second kappa shape index (κ2) is 9.08. The number of rotatable bonds is 8. The van der Waals surface area contributed by atoms with Gasteiger partial charge in [-0.25, -0.2) is 14.8 Å². The zero-order valence-electron chi connectivity index (χ0n) is 17.2. The monoisotopic (exact) mass is 409 g/mol. The Balaban J connectivity index is 2.11. The topological polar surface area (TPSA) is 111 Å². The molecule has 2 heterocycles. The molecule has 3 rings (SSSR count). The van der Waals surface area contributed by atoms with E-state index < -0.39 is 5.97 Å². The standard InChI is InChI=1S/C21H23N5O4/c1-5-23-10-14(9-22)13-6-16-20(24-11-13)26(12-25-16)15-7-17(28-2)19(21(27)30-4)18(8-15)29-3/h6-12,22-23H,5H2,1-4H3/b14-10+,22-9?. The molecule has 0 amide bonds. The molecular weight excluding hydrogens is 386 g/mol. The Kier molecular flexibility index (Phi) is 6.31. The molecule has 0 spiro atoms. The number of imidazole rings is 1. The lowest BCUT2D eigenvalue weighted by Gasteiger charge is -2.14. The van der Waals surface area contributed by atoms with E-state index in [1.807, 2.05) is 13.0 Å². The maximum atomic E-state index is 12.1. The van der Waals surface area contributed by atoms with E-state index in [1.165, 1.54) is 27.5 Å². The van der Waals surface area contributed by atoms with Crippen LogP contribution in [-0.4, -0.2) is 54.6 Å². The summed E-state index contributed by atoms with van der Waals surface area (Å²) in [7, 11) is 4.24. The number of hydrogen-bond acceptors (Lipinski definition) is 8. The van der Waals surface area contributed by atoms with Crippen LogP contribution in [0.3, 0.4) is 0 Å². The Hall–Kier alpha value is -3.88. The molecule has 0 unspecified atom stereocenters. The van der Waals surface area contributed by atoms with Crippen LogP contribution in [0.2, 0.25) is 0 Å². The minimum atomic E-state index is -0.555. The molecule has 9 heteroatoms. The summed E-state index contributed by atoms with van der Waals surface area (Å²) in [6.45, 7) is 2.74. The minimum absolute atomic E-state index is 0.204. The van der Waals surface area contributed by atoms with Crippen LogP contribution in [0.5, 0.6) is 11.5 Å². The van der Waals surface area contributed by atoms with Gasteiger partial charge in [0, 0.05) is 48.4 Å². The second-order valence-electron chi connectivity index (χ2n) is 6.20. The van der Waals surface area contributed by atoms with E-state index in [1.54, 1.807) is 35.4 Å². The third-order valence-electron chi connectivity index (χ3n) is 4.50. The van der Waals surface area contributed by atoms with Gasteiger partial charge in [0.2, 0.25) is 0 Å². The molecule has 1 aromatic carbocycles. The van der Waals surface area contributed by atoms with E-state index in [-0.39, 0.29) is 5.56 Å². The fourth-order valence-electron chi connectivity index (χ4n) is 3.01. The Morgan fingerprint density at radius 1 is 1.17 bits per heavy atom. The Morgan fingerprint density at radius 3 is 2.43 bits per heavy atom. The molecule has 9 nitrogen and oxygen atoms in total. The lowest BCUT2D eigenvalue weighted by atomic mass is 10.1. The molecule has 156 valence electrons. The van der Waals surface area contributed by atoms with E-state index in [9.17, 15) is 4.79 Å². The van der Waals surface area contributed by atoms with Crippen LogP contribution in [0.1, 0.15) is 22.8 Å². The number of fused-ring (bicyclic) bond motifs is 1. The number of allylic oxidation sites excluding steroid dienone is 1. The van der Waals surface area contributed by atoms with Gasteiger partial charge in [-0.3, -0.25) is 4.57 Å². The van der Waals surface area contributed by atoms with Gasteiger partial charge in [-0.1, -0.05) is 0 Å². The number of nitrogens with one attached hydrogen (secondary N) is 2. The van der Waals surface area contributed by atoms with Crippen LogP contribution in [0.15, 0.2) is 36.9 Å². The van der Waals surface area contributed by atoms with E-state index in [4.69, 9.17) is 19.6 Å². The molecule has 30 heavy (non-hydrogen) atoms. The van der Waals surface area contributed by atoms with Crippen LogP contribution in [0, 0.1) is 5.41 Å². The molecule has 3 aromatic rings. The van der Waals surface area contributed by atoms with Crippen molar-refractivity contribution in [3.05, 3.63) is 48.1 Å². The summed E-state index contributed by atoms with van der Waals surface area (Å²) in [5.74, 6) is 0.0730. The van der Waals surface area contributed by atoms with Crippen molar-refractivity contribution in [3.8, 4) is 17.2 Å².